The summed E-state index contributed by atoms with van der Waals surface area (Å²) in [4.78, 5) is 10.8. The summed E-state index contributed by atoms with van der Waals surface area (Å²) in [5, 5.41) is 12.9. The molecule has 1 unspecified atom stereocenters. The summed E-state index contributed by atoms with van der Waals surface area (Å²) < 4.78 is 5.97. The Morgan fingerprint density at radius 1 is 1.32 bits per heavy atom. The third kappa shape index (κ3) is 2.53. The summed E-state index contributed by atoms with van der Waals surface area (Å²) in [5.74, 6) is 1.28. The van der Waals surface area contributed by atoms with Gasteiger partial charge in [0.05, 0.1) is 0 Å². The predicted octanol–water partition coefficient (Wildman–Crippen LogP) is 2.15. The van der Waals surface area contributed by atoms with Gasteiger partial charge in [-0.1, -0.05) is 0 Å². The van der Waals surface area contributed by atoms with Gasteiger partial charge in [-0.3, -0.25) is 4.79 Å². The standard InChI is InChI=1S/C15H21NO3/c1-8-9(2)15-13(10(3)14(8)18)7-12(19-15)5-6-16-11(4)17/h12,18H,5-7H2,1-4H3,(H,16,17). The number of ether oxygens (including phenoxy) is 1. The average Bonchev–Trinajstić information content (AvgIpc) is 2.77. The Morgan fingerprint density at radius 3 is 2.63 bits per heavy atom. The minimum absolute atomic E-state index is 0.0173. The van der Waals surface area contributed by atoms with Crippen molar-refractivity contribution < 1.29 is 14.6 Å². The van der Waals surface area contributed by atoms with E-state index in [0.29, 0.717) is 12.3 Å². The highest BCUT2D eigenvalue weighted by atomic mass is 16.5. The number of carbonyl (C=O) groups is 1. The van der Waals surface area contributed by atoms with Gasteiger partial charge in [0.1, 0.15) is 17.6 Å². The molecule has 0 saturated carbocycles. The number of hydrogen-bond acceptors (Lipinski definition) is 3. The van der Waals surface area contributed by atoms with E-state index in [0.717, 1.165) is 40.8 Å². The summed E-state index contributed by atoms with van der Waals surface area (Å²) in [6, 6.07) is 0. The maximum Gasteiger partial charge on any atom is 0.216 e. The molecule has 1 atom stereocenters. The fraction of sp³-hybridized carbons (Fsp3) is 0.533. The van der Waals surface area contributed by atoms with Crippen LogP contribution in [0.5, 0.6) is 11.5 Å². The topological polar surface area (TPSA) is 58.6 Å². The van der Waals surface area contributed by atoms with Crippen LogP contribution >= 0.6 is 0 Å². The Bertz CT molecular complexity index is 486. The first kappa shape index (κ1) is 13.7. The van der Waals surface area contributed by atoms with E-state index in [-0.39, 0.29) is 12.0 Å². The number of nitrogens with one attached hydrogen (secondary N) is 1. The van der Waals surface area contributed by atoms with E-state index in [9.17, 15) is 9.90 Å². The Balaban J connectivity index is 2.14. The maximum atomic E-state index is 10.8. The van der Waals surface area contributed by atoms with Crippen molar-refractivity contribution in [1.29, 1.82) is 0 Å². The van der Waals surface area contributed by atoms with Gasteiger partial charge in [-0.25, -0.2) is 0 Å². The van der Waals surface area contributed by atoms with Crippen molar-refractivity contribution >= 4 is 5.91 Å². The van der Waals surface area contributed by atoms with Crippen molar-refractivity contribution in [3.8, 4) is 11.5 Å². The number of aromatic hydroxyl groups is 1. The third-order valence-corrected chi connectivity index (χ3v) is 3.90. The second-order valence-corrected chi connectivity index (χ2v) is 5.25. The van der Waals surface area contributed by atoms with Crippen molar-refractivity contribution in [1.82, 2.24) is 5.32 Å². The fourth-order valence-corrected chi connectivity index (χ4v) is 2.58. The molecule has 1 heterocycles. The Hall–Kier alpha value is -1.71. The van der Waals surface area contributed by atoms with Crippen molar-refractivity contribution in [3.05, 3.63) is 22.3 Å². The summed E-state index contributed by atoms with van der Waals surface area (Å²) in [6.07, 6.45) is 1.67. The number of hydrogen-bond donors (Lipinski definition) is 2. The van der Waals surface area contributed by atoms with E-state index in [1.807, 2.05) is 20.8 Å². The van der Waals surface area contributed by atoms with E-state index < -0.39 is 0 Å². The molecule has 4 heteroatoms. The van der Waals surface area contributed by atoms with Crippen LogP contribution in [0.1, 0.15) is 35.6 Å². The first-order chi connectivity index (χ1) is 8.91. The molecular formula is C15H21NO3. The van der Waals surface area contributed by atoms with Crippen LogP contribution in [0.15, 0.2) is 0 Å². The zero-order chi connectivity index (χ0) is 14.2. The number of phenols is 1. The molecule has 0 bridgehead atoms. The van der Waals surface area contributed by atoms with Crippen molar-refractivity contribution in [2.24, 2.45) is 0 Å². The lowest BCUT2D eigenvalue weighted by atomic mass is 9.96. The molecular weight excluding hydrogens is 242 g/mol. The first-order valence-corrected chi connectivity index (χ1v) is 6.64. The van der Waals surface area contributed by atoms with E-state index in [4.69, 9.17) is 4.74 Å². The van der Waals surface area contributed by atoms with Crippen molar-refractivity contribution in [3.63, 3.8) is 0 Å². The lowest BCUT2D eigenvalue weighted by Crippen LogP contribution is -2.26. The molecule has 0 fully saturated rings. The Kier molecular flexibility index (Phi) is 3.69. The molecule has 1 aliphatic rings. The highest BCUT2D eigenvalue weighted by Gasteiger charge is 2.28. The van der Waals surface area contributed by atoms with E-state index >= 15 is 0 Å². The molecule has 4 nitrogen and oxygen atoms in total. The molecule has 1 aromatic carbocycles. The summed E-state index contributed by atoms with van der Waals surface area (Å²) >= 11 is 0. The summed E-state index contributed by atoms with van der Waals surface area (Å²) in [6.45, 7) is 7.95. The zero-order valence-corrected chi connectivity index (χ0v) is 12.0. The number of fused-ring (bicyclic) bond motifs is 1. The third-order valence-electron chi connectivity index (χ3n) is 3.90. The molecule has 2 N–H and O–H groups in total. The summed E-state index contributed by atoms with van der Waals surface area (Å²) in [5.41, 5.74) is 3.92. The minimum Gasteiger partial charge on any atom is -0.507 e. The predicted molar refractivity (Wildman–Crippen MR) is 73.7 cm³/mol. The monoisotopic (exact) mass is 263 g/mol. The lowest BCUT2D eigenvalue weighted by molar-refractivity contribution is -0.119. The molecule has 1 aromatic rings. The van der Waals surface area contributed by atoms with Gasteiger partial charge in [-0.05, 0) is 37.5 Å². The second kappa shape index (κ2) is 5.11. The van der Waals surface area contributed by atoms with Crippen LogP contribution in [0.2, 0.25) is 0 Å². The Labute approximate surface area is 113 Å². The molecule has 1 amide bonds. The molecule has 0 aromatic heterocycles. The second-order valence-electron chi connectivity index (χ2n) is 5.25. The molecule has 0 saturated heterocycles. The number of amides is 1. The Morgan fingerprint density at radius 2 is 2.00 bits per heavy atom. The van der Waals surface area contributed by atoms with E-state index in [1.165, 1.54) is 6.92 Å². The number of carbonyl (C=O) groups excluding carboxylic acids is 1. The van der Waals surface area contributed by atoms with Crippen LogP contribution < -0.4 is 10.1 Å². The van der Waals surface area contributed by atoms with Crippen molar-refractivity contribution in [2.75, 3.05) is 6.54 Å². The van der Waals surface area contributed by atoms with Gasteiger partial charge in [0.25, 0.3) is 0 Å². The molecule has 104 valence electrons. The maximum absolute atomic E-state index is 10.8. The van der Waals surface area contributed by atoms with Gasteiger partial charge in [0.2, 0.25) is 5.91 Å². The number of phenolic OH excluding ortho intramolecular Hbond substituents is 1. The lowest BCUT2D eigenvalue weighted by Gasteiger charge is -2.13. The smallest absolute Gasteiger partial charge is 0.216 e. The minimum atomic E-state index is -0.0173. The van der Waals surface area contributed by atoms with Gasteiger partial charge in [-0.2, -0.15) is 0 Å². The highest BCUT2D eigenvalue weighted by molar-refractivity contribution is 5.72. The first-order valence-electron chi connectivity index (χ1n) is 6.64. The molecule has 0 aliphatic carbocycles. The van der Waals surface area contributed by atoms with Gasteiger partial charge in [0, 0.05) is 31.9 Å². The number of benzene rings is 1. The van der Waals surface area contributed by atoms with Crippen LogP contribution in [-0.4, -0.2) is 23.7 Å². The van der Waals surface area contributed by atoms with Crippen molar-refractivity contribution in [2.45, 2.75) is 46.6 Å². The van der Waals surface area contributed by atoms with Gasteiger partial charge >= 0.3 is 0 Å². The normalized spacial score (nSPS) is 16.9. The van der Waals surface area contributed by atoms with Gasteiger partial charge in [0.15, 0.2) is 0 Å². The SMILES string of the molecule is CC(=O)NCCC1Cc2c(C)c(O)c(C)c(C)c2O1. The van der Waals surface area contributed by atoms with Crippen LogP contribution in [-0.2, 0) is 11.2 Å². The van der Waals surface area contributed by atoms with Crippen LogP contribution in [0.25, 0.3) is 0 Å². The summed E-state index contributed by atoms with van der Waals surface area (Å²) in [7, 11) is 0. The van der Waals surface area contributed by atoms with E-state index in [2.05, 4.69) is 5.32 Å². The number of rotatable bonds is 3. The van der Waals surface area contributed by atoms with Crippen LogP contribution in [0.4, 0.5) is 0 Å². The van der Waals surface area contributed by atoms with Gasteiger partial charge in [-0.15, -0.1) is 0 Å². The van der Waals surface area contributed by atoms with Crippen LogP contribution in [0, 0.1) is 20.8 Å². The highest BCUT2D eigenvalue weighted by Crippen LogP contribution is 2.42. The zero-order valence-electron chi connectivity index (χ0n) is 12.0. The molecule has 1 aliphatic heterocycles. The molecule has 2 rings (SSSR count). The molecule has 0 spiro atoms. The fourth-order valence-electron chi connectivity index (χ4n) is 2.58. The van der Waals surface area contributed by atoms with E-state index in [1.54, 1.807) is 0 Å². The molecule has 19 heavy (non-hydrogen) atoms. The average molecular weight is 263 g/mol. The van der Waals surface area contributed by atoms with Crippen LogP contribution in [0.3, 0.4) is 0 Å². The largest absolute Gasteiger partial charge is 0.507 e. The quantitative estimate of drug-likeness (QED) is 0.878. The molecule has 0 radical (unpaired) electrons. The van der Waals surface area contributed by atoms with Gasteiger partial charge < -0.3 is 15.2 Å².